The molecule has 106 valence electrons. The molecule has 0 bridgehead atoms. The van der Waals surface area contributed by atoms with Crippen molar-refractivity contribution in [3.63, 3.8) is 0 Å². The van der Waals surface area contributed by atoms with Crippen LogP contribution in [0.5, 0.6) is 0 Å². The number of rotatable bonds is 9. The first-order chi connectivity index (χ1) is 8.63. The number of nitrogens with zero attached hydrogens (tertiary/aromatic N) is 2. The Bertz CT molecular complexity index is 269. The van der Waals surface area contributed by atoms with Gasteiger partial charge in [0.05, 0.1) is 31.8 Å². The molecule has 0 amide bonds. The van der Waals surface area contributed by atoms with E-state index in [0.717, 1.165) is 0 Å². The van der Waals surface area contributed by atoms with Crippen molar-refractivity contribution in [1.29, 1.82) is 0 Å². The fourth-order valence-electron chi connectivity index (χ4n) is 1.17. The van der Waals surface area contributed by atoms with Crippen LogP contribution in [-0.2, 0) is 9.47 Å². The van der Waals surface area contributed by atoms with Crippen LogP contribution in [0.15, 0.2) is 10.1 Å². The summed E-state index contributed by atoms with van der Waals surface area (Å²) in [5.74, 6) is 1.08. The second-order valence-electron chi connectivity index (χ2n) is 3.77. The van der Waals surface area contributed by atoms with Gasteiger partial charge in [-0.2, -0.15) is 0 Å². The minimum absolute atomic E-state index is 0.0124. The lowest BCUT2D eigenvalue weighted by atomic mass is 10.4. The number of nitrogens with one attached hydrogen (secondary N) is 1. The van der Waals surface area contributed by atoms with Gasteiger partial charge in [0.25, 0.3) is 0 Å². The quantitative estimate of drug-likeness (QED) is 0.180. The summed E-state index contributed by atoms with van der Waals surface area (Å²) in [6.45, 7) is 3.44. The zero-order valence-corrected chi connectivity index (χ0v) is 11.3. The molecule has 0 spiro atoms. The van der Waals surface area contributed by atoms with E-state index in [2.05, 4.69) is 15.5 Å². The lowest BCUT2D eigenvalue weighted by Crippen LogP contribution is -2.23. The van der Waals surface area contributed by atoms with Crippen LogP contribution in [0.4, 0.5) is 0 Å². The fourth-order valence-corrected chi connectivity index (χ4v) is 1.17. The molecule has 0 aromatic heterocycles. The van der Waals surface area contributed by atoms with Gasteiger partial charge in [-0.3, -0.25) is 4.99 Å². The largest absolute Gasteiger partial charge is 0.409 e. The zero-order chi connectivity index (χ0) is 13.8. The molecule has 4 N–H and O–H groups in total. The van der Waals surface area contributed by atoms with E-state index in [1.807, 2.05) is 6.92 Å². The topological polar surface area (TPSA) is 101 Å². The van der Waals surface area contributed by atoms with Gasteiger partial charge in [-0.05, 0) is 6.92 Å². The van der Waals surface area contributed by atoms with Crippen molar-refractivity contribution in [3.8, 4) is 0 Å². The van der Waals surface area contributed by atoms with Gasteiger partial charge in [0, 0.05) is 26.9 Å². The maximum Gasteiger partial charge on any atom is 0.143 e. The Morgan fingerprint density at radius 1 is 1.39 bits per heavy atom. The van der Waals surface area contributed by atoms with Crippen LogP contribution < -0.4 is 11.1 Å². The van der Waals surface area contributed by atoms with Crippen LogP contribution in [0.2, 0.25) is 0 Å². The van der Waals surface area contributed by atoms with E-state index in [4.69, 9.17) is 20.4 Å². The molecular formula is C11H24N4O3. The van der Waals surface area contributed by atoms with Gasteiger partial charge in [-0.15, -0.1) is 0 Å². The molecule has 0 aromatic carbocycles. The minimum atomic E-state index is -0.0124. The van der Waals surface area contributed by atoms with Crippen LogP contribution in [-0.4, -0.2) is 56.9 Å². The summed E-state index contributed by atoms with van der Waals surface area (Å²) in [4.78, 5) is 3.83. The molecule has 0 aliphatic heterocycles. The first-order valence-corrected chi connectivity index (χ1v) is 5.93. The molecule has 7 nitrogen and oxygen atoms in total. The molecule has 18 heavy (non-hydrogen) atoms. The average molecular weight is 260 g/mol. The Morgan fingerprint density at radius 2 is 2.11 bits per heavy atom. The summed E-state index contributed by atoms with van der Waals surface area (Å²) in [5.41, 5.74) is 5.53. The molecule has 0 aromatic rings. The summed E-state index contributed by atoms with van der Waals surface area (Å²) in [5, 5.41) is 14.4. The Hall–Kier alpha value is -1.34. The van der Waals surface area contributed by atoms with Gasteiger partial charge in [0.15, 0.2) is 0 Å². The third-order valence-electron chi connectivity index (χ3n) is 2.29. The maximum absolute atomic E-state index is 8.56. The fraction of sp³-hybridized carbons (Fsp3) is 0.818. The number of amidine groups is 2. The smallest absolute Gasteiger partial charge is 0.143 e. The Balaban J connectivity index is 3.51. The van der Waals surface area contributed by atoms with Gasteiger partial charge < -0.3 is 25.7 Å². The van der Waals surface area contributed by atoms with Crippen molar-refractivity contribution < 1.29 is 14.7 Å². The van der Waals surface area contributed by atoms with Gasteiger partial charge in [0.1, 0.15) is 5.84 Å². The van der Waals surface area contributed by atoms with E-state index in [9.17, 15) is 0 Å². The standard InChI is InChI=1S/C11H24N4O3/c1-9(8-17-6-4-10(12)13-2)18-7-5-11(14-3)15-16/h9,16H,4-8H2,1-3H3,(H2,12,13)(H,14,15). The summed E-state index contributed by atoms with van der Waals surface area (Å²) in [7, 11) is 3.35. The third kappa shape index (κ3) is 8.77. The molecule has 1 unspecified atom stereocenters. The molecular weight excluding hydrogens is 236 g/mol. The van der Waals surface area contributed by atoms with E-state index >= 15 is 0 Å². The van der Waals surface area contributed by atoms with Crippen LogP contribution in [0.1, 0.15) is 19.8 Å². The third-order valence-corrected chi connectivity index (χ3v) is 2.29. The highest BCUT2D eigenvalue weighted by molar-refractivity contribution is 5.81. The number of hydrogen-bond donors (Lipinski definition) is 3. The van der Waals surface area contributed by atoms with E-state index in [0.29, 0.717) is 44.3 Å². The Morgan fingerprint density at radius 3 is 2.67 bits per heavy atom. The molecule has 0 radical (unpaired) electrons. The Labute approximate surface area is 108 Å². The zero-order valence-electron chi connectivity index (χ0n) is 11.3. The van der Waals surface area contributed by atoms with Crippen molar-refractivity contribution in [3.05, 3.63) is 0 Å². The van der Waals surface area contributed by atoms with Crippen molar-refractivity contribution in [2.24, 2.45) is 15.9 Å². The molecule has 0 saturated heterocycles. The van der Waals surface area contributed by atoms with Crippen LogP contribution >= 0.6 is 0 Å². The Kier molecular flexibility index (Phi) is 9.99. The molecule has 0 rings (SSSR count). The predicted octanol–water partition coefficient (Wildman–Crippen LogP) is 0.182. The van der Waals surface area contributed by atoms with Crippen molar-refractivity contribution >= 4 is 11.7 Å². The average Bonchev–Trinajstić information content (AvgIpc) is 2.39. The maximum atomic E-state index is 8.56. The van der Waals surface area contributed by atoms with E-state index in [1.165, 1.54) is 0 Å². The molecule has 0 aliphatic carbocycles. The van der Waals surface area contributed by atoms with E-state index in [1.54, 1.807) is 14.1 Å². The van der Waals surface area contributed by atoms with Gasteiger partial charge in [-0.1, -0.05) is 5.16 Å². The number of oxime groups is 1. The van der Waals surface area contributed by atoms with Crippen LogP contribution in [0.3, 0.4) is 0 Å². The van der Waals surface area contributed by atoms with Gasteiger partial charge in [-0.25, -0.2) is 0 Å². The summed E-state index contributed by atoms with van der Waals surface area (Å²) in [6.07, 6.45) is 1.15. The predicted molar refractivity (Wildman–Crippen MR) is 71.3 cm³/mol. The van der Waals surface area contributed by atoms with Crippen molar-refractivity contribution in [1.82, 2.24) is 5.32 Å². The van der Waals surface area contributed by atoms with Crippen LogP contribution in [0.25, 0.3) is 0 Å². The molecule has 0 aliphatic rings. The molecule has 0 saturated carbocycles. The molecule has 7 heteroatoms. The van der Waals surface area contributed by atoms with Crippen molar-refractivity contribution in [2.45, 2.75) is 25.9 Å². The number of aliphatic imine (C=N–C) groups is 1. The van der Waals surface area contributed by atoms with E-state index < -0.39 is 0 Å². The van der Waals surface area contributed by atoms with Gasteiger partial charge in [0.2, 0.25) is 0 Å². The number of hydrogen-bond acceptors (Lipinski definition) is 5. The summed E-state index contributed by atoms with van der Waals surface area (Å²) < 4.78 is 10.9. The molecule has 1 atom stereocenters. The molecule has 0 fully saturated rings. The first kappa shape index (κ1) is 16.7. The highest BCUT2D eigenvalue weighted by atomic mass is 16.5. The van der Waals surface area contributed by atoms with Crippen molar-refractivity contribution in [2.75, 3.05) is 33.9 Å². The van der Waals surface area contributed by atoms with E-state index in [-0.39, 0.29) is 6.10 Å². The minimum Gasteiger partial charge on any atom is -0.409 e. The number of ether oxygens (including phenoxy) is 2. The summed E-state index contributed by atoms with van der Waals surface area (Å²) >= 11 is 0. The second kappa shape index (κ2) is 10.8. The highest BCUT2D eigenvalue weighted by Crippen LogP contribution is 1.95. The number of nitrogens with two attached hydrogens (primary N) is 1. The normalized spacial score (nSPS) is 14.6. The van der Waals surface area contributed by atoms with Gasteiger partial charge >= 0.3 is 0 Å². The highest BCUT2D eigenvalue weighted by Gasteiger charge is 2.04. The lowest BCUT2D eigenvalue weighted by molar-refractivity contribution is -0.00245. The summed E-state index contributed by atoms with van der Waals surface area (Å²) in [6, 6.07) is 0. The SMILES string of the molecule is C/N=C(/N)CCOCC(C)OCC/C(=N/O)NC. The monoisotopic (exact) mass is 260 g/mol. The lowest BCUT2D eigenvalue weighted by Gasteiger charge is -2.13. The first-order valence-electron chi connectivity index (χ1n) is 5.93. The van der Waals surface area contributed by atoms with Crippen LogP contribution in [0, 0.1) is 0 Å². The molecule has 0 heterocycles. The second-order valence-corrected chi connectivity index (χ2v) is 3.77.